The van der Waals surface area contributed by atoms with Crippen LogP contribution in [0, 0.1) is 20.8 Å². The van der Waals surface area contributed by atoms with Crippen LogP contribution < -0.4 is 4.72 Å². The molecule has 7 heteroatoms. The third kappa shape index (κ3) is 3.95. The fourth-order valence-corrected chi connectivity index (χ4v) is 4.71. The summed E-state index contributed by atoms with van der Waals surface area (Å²) in [5.41, 5.74) is 4.38. The van der Waals surface area contributed by atoms with Gasteiger partial charge in [-0.25, -0.2) is 18.1 Å². The number of pyridine rings is 1. The first-order valence-electron chi connectivity index (χ1n) is 7.79. The van der Waals surface area contributed by atoms with Crippen molar-refractivity contribution in [3.8, 4) is 11.1 Å². The number of nitrogens with one attached hydrogen (secondary N) is 1. The topological polar surface area (TPSA) is 72.0 Å². The number of hydrogen-bond donors (Lipinski definition) is 1. The standard InChI is InChI=1S/C18H19N3O2S2/c1-12-7-13(2)17(8-16(12)15-5-4-6-19-9-15)25(22,23)20-10-18-21-14(3)11-24-18/h4-9,11,20H,10H2,1-3H3. The molecule has 1 N–H and O–H groups in total. The number of rotatable bonds is 5. The van der Waals surface area contributed by atoms with Crippen molar-refractivity contribution >= 4 is 21.4 Å². The second kappa shape index (κ2) is 7.03. The number of thiazole rings is 1. The molecule has 0 amide bonds. The molecule has 2 heterocycles. The van der Waals surface area contributed by atoms with Gasteiger partial charge in [-0.3, -0.25) is 4.98 Å². The lowest BCUT2D eigenvalue weighted by atomic mass is 10.0. The number of aromatic nitrogens is 2. The number of benzene rings is 1. The van der Waals surface area contributed by atoms with Crippen molar-refractivity contribution in [3.05, 3.63) is 63.9 Å². The summed E-state index contributed by atoms with van der Waals surface area (Å²) in [4.78, 5) is 8.70. The quantitative estimate of drug-likeness (QED) is 0.741. The summed E-state index contributed by atoms with van der Waals surface area (Å²) in [7, 11) is -3.63. The Kier molecular flexibility index (Phi) is 4.99. The van der Waals surface area contributed by atoms with E-state index in [0.717, 1.165) is 27.4 Å². The Bertz CT molecular complexity index is 996. The number of hydrogen-bond acceptors (Lipinski definition) is 5. The summed E-state index contributed by atoms with van der Waals surface area (Å²) < 4.78 is 28.2. The zero-order valence-electron chi connectivity index (χ0n) is 14.3. The van der Waals surface area contributed by atoms with Crippen LogP contribution in [-0.4, -0.2) is 18.4 Å². The van der Waals surface area contributed by atoms with E-state index in [-0.39, 0.29) is 11.4 Å². The van der Waals surface area contributed by atoms with E-state index >= 15 is 0 Å². The van der Waals surface area contributed by atoms with Gasteiger partial charge < -0.3 is 0 Å². The second-order valence-corrected chi connectivity index (χ2v) is 8.56. The van der Waals surface area contributed by atoms with Crippen LogP contribution in [-0.2, 0) is 16.6 Å². The minimum atomic E-state index is -3.63. The maximum atomic E-state index is 12.8. The zero-order chi connectivity index (χ0) is 18.0. The second-order valence-electron chi connectivity index (χ2n) is 5.88. The summed E-state index contributed by atoms with van der Waals surface area (Å²) in [5, 5.41) is 2.65. The highest BCUT2D eigenvalue weighted by Gasteiger charge is 2.19. The molecule has 0 aliphatic carbocycles. The normalized spacial score (nSPS) is 11.6. The molecule has 2 aromatic heterocycles. The van der Waals surface area contributed by atoms with Gasteiger partial charge in [0.1, 0.15) is 5.01 Å². The zero-order valence-corrected chi connectivity index (χ0v) is 15.9. The van der Waals surface area contributed by atoms with Crippen LogP contribution in [0.1, 0.15) is 21.8 Å². The molecule has 0 spiro atoms. The van der Waals surface area contributed by atoms with E-state index < -0.39 is 10.0 Å². The third-order valence-corrected chi connectivity index (χ3v) is 6.37. The van der Waals surface area contributed by atoms with Gasteiger partial charge in [-0.1, -0.05) is 12.1 Å². The lowest BCUT2D eigenvalue weighted by molar-refractivity contribution is 0.580. The fourth-order valence-electron chi connectivity index (χ4n) is 2.67. The van der Waals surface area contributed by atoms with Gasteiger partial charge in [0.15, 0.2) is 0 Å². The average Bonchev–Trinajstić information content (AvgIpc) is 2.99. The molecular weight excluding hydrogens is 354 g/mol. The molecule has 3 aromatic rings. The Balaban J connectivity index is 1.95. The first-order chi connectivity index (χ1) is 11.9. The summed E-state index contributed by atoms with van der Waals surface area (Å²) >= 11 is 1.45. The number of aryl methyl sites for hydroxylation is 3. The number of sulfonamides is 1. The van der Waals surface area contributed by atoms with Crippen molar-refractivity contribution in [1.29, 1.82) is 0 Å². The van der Waals surface area contributed by atoms with Gasteiger partial charge in [0.25, 0.3) is 0 Å². The highest BCUT2D eigenvalue weighted by Crippen LogP contribution is 2.28. The minimum absolute atomic E-state index is 0.191. The molecular formula is C18H19N3O2S2. The van der Waals surface area contributed by atoms with Crippen LogP contribution in [0.25, 0.3) is 11.1 Å². The average molecular weight is 374 g/mol. The summed E-state index contributed by atoms with van der Waals surface area (Å²) in [6, 6.07) is 7.38. The van der Waals surface area contributed by atoms with Gasteiger partial charge in [-0.05, 0) is 49.6 Å². The van der Waals surface area contributed by atoms with Crippen LogP contribution in [0.15, 0.2) is 46.9 Å². The predicted octanol–water partition coefficient (Wildman–Crippen LogP) is 3.61. The molecule has 25 heavy (non-hydrogen) atoms. The Morgan fingerprint density at radius 3 is 2.60 bits per heavy atom. The third-order valence-electron chi connectivity index (χ3n) is 3.86. The summed E-state index contributed by atoms with van der Waals surface area (Å²) in [6.07, 6.45) is 3.43. The van der Waals surface area contributed by atoms with E-state index in [1.54, 1.807) is 18.5 Å². The van der Waals surface area contributed by atoms with Gasteiger partial charge in [0.2, 0.25) is 10.0 Å². The van der Waals surface area contributed by atoms with Gasteiger partial charge in [0.05, 0.1) is 11.4 Å². The predicted molar refractivity (Wildman–Crippen MR) is 100 cm³/mol. The highest BCUT2D eigenvalue weighted by molar-refractivity contribution is 7.89. The number of nitrogens with zero attached hydrogens (tertiary/aromatic N) is 2. The van der Waals surface area contributed by atoms with Gasteiger partial charge in [-0.2, -0.15) is 0 Å². The van der Waals surface area contributed by atoms with E-state index in [4.69, 9.17) is 0 Å². The van der Waals surface area contributed by atoms with E-state index in [1.165, 1.54) is 11.3 Å². The monoisotopic (exact) mass is 373 g/mol. The lowest BCUT2D eigenvalue weighted by Crippen LogP contribution is -2.24. The first kappa shape index (κ1) is 17.7. The molecule has 3 rings (SSSR count). The molecule has 0 bridgehead atoms. The molecule has 0 saturated carbocycles. The lowest BCUT2D eigenvalue weighted by Gasteiger charge is -2.13. The Labute approximate surface area is 151 Å². The van der Waals surface area contributed by atoms with E-state index in [2.05, 4.69) is 14.7 Å². The van der Waals surface area contributed by atoms with Crippen LogP contribution in [0.5, 0.6) is 0 Å². The van der Waals surface area contributed by atoms with Crippen molar-refractivity contribution in [3.63, 3.8) is 0 Å². The molecule has 0 fully saturated rings. The van der Waals surface area contributed by atoms with Crippen LogP contribution in [0.3, 0.4) is 0 Å². The molecule has 5 nitrogen and oxygen atoms in total. The summed E-state index contributed by atoms with van der Waals surface area (Å²) in [6.45, 7) is 5.86. The molecule has 0 aliphatic rings. The van der Waals surface area contributed by atoms with E-state index in [1.807, 2.05) is 44.4 Å². The SMILES string of the molecule is Cc1csc(CNS(=O)(=O)c2cc(-c3cccnc3)c(C)cc2C)n1. The van der Waals surface area contributed by atoms with Gasteiger partial charge in [0, 0.05) is 29.0 Å². The van der Waals surface area contributed by atoms with Crippen molar-refractivity contribution < 1.29 is 8.42 Å². The van der Waals surface area contributed by atoms with Crippen LogP contribution in [0.2, 0.25) is 0 Å². The minimum Gasteiger partial charge on any atom is -0.264 e. The molecule has 0 saturated heterocycles. The molecule has 0 atom stereocenters. The smallest absolute Gasteiger partial charge is 0.241 e. The highest BCUT2D eigenvalue weighted by atomic mass is 32.2. The van der Waals surface area contributed by atoms with Crippen molar-refractivity contribution in [1.82, 2.24) is 14.7 Å². The molecule has 1 aromatic carbocycles. The Hall–Kier alpha value is -2.09. The van der Waals surface area contributed by atoms with E-state index in [0.29, 0.717) is 5.56 Å². The first-order valence-corrected chi connectivity index (χ1v) is 10.2. The van der Waals surface area contributed by atoms with Gasteiger partial charge in [-0.15, -0.1) is 11.3 Å². The van der Waals surface area contributed by atoms with Crippen LogP contribution in [0.4, 0.5) is 0 Å². The maximum Gasteiger partial charge on any atom is 0.241 e. The maximum absolute atomic E-state index is 12.8. The molecule has 0 unspecified atom stereocenters. The van der Waals surface area contributed by atoms with Crippen molar-refractivity contribution in [2.75, 3.05) is 0 Å². The van der Waals surface area contributed by atoms with Crippen LogP contribution >= 0.6 is 11.3 Å². The summed E-state index contributed by atoms with van der Waals surface area (Å²) in [5.74, 6) is 0. The van der Waals surface area contributed by atoms with Gasteiger partial charge >= 0.3 is 0 Å². The molecule has 0 radical (unpaired) electrons. The fraction of sp³-hybridized carbons (Fsp3) is 0.222. The Morgan fingerprint density at radius 1 is 1.16 bits per heavy atom. The van der Waals surface area contributed by atoms with Crippen molar-refractivity contribution in [2.24, 2.45) is 0 Å². The molecule has 130 valence electrons. The van der Waals surface area contributed by atoms with Crippen molar-refractivity contribution in [2.45, 2.75) is 32.2 Å². The Morgan fingerprint density at radius 2 is 1.96 bits per heavy atom. The molecule has 0 aliphatic heterocycles. The van der Waals surface area contributed by atoms with E-state index in [9.17, 15) is 8.42 Å². The largest absolute Gasteiger partial charge is 0.264 e.